The molecule has 0 aliphatic carbocycles. The molecule has 1 aliphatic rings. The van der Waals surface area contributed by atoms with Gasteiger partial charge < -0.3 is 24.4 Å². The van der Waals surface area contributed by atoms with Gasteiger partial charge in [-0.3, -0.25) is 4.79 Å². The van der Waals surface area contributed by atoms with Crippen LogP contribution >= 0.6 is 11.6 Å². The smallest absolute Gasteiger partial charge is 0.355 e. The number of hydrogen-bond acceptors (Lipinski definition) is 7. The van der Waals surface area contributed by atoms with Crippen LogP contribution in [0, 0.1) is 0 Å². The van der Waals surface area contributed by atoms with E-state index < -0.39 is 11.9 Å². The fraction of sp³-hybridized carbons (Fsp3) is 0.353. The van der Waals surface area contributed by atoms with Crippen molar-refractivity contribution >= 4 is 35.1 Å². The van der Waals surface area contributed by atoms with Gasteiger partial charge in [0.15, 0.2) is 0 Å². The summed E-state index contributed by atoms with van der Waals surface area (Å²) in [5.74, 6) is -1.77. The first-order valence-electron chi connectivity index (χ1n) is 7.77. The number of halogens is 1. The van der Waals surface area contributed by atoms with Gasteiger partial charge in [0.2, 0.25) is 0 Å². The molecule has 0 spiro atoms. The lowest BCUT2D eigenvalue weighted by molar-refractivity contribution is -0.140. The average Bonchev–Trinajstić information content (AvgIpc) is 2.66. The maximum Gasteiger partial charge on any atom is 0.355 e. The molecule has 0 saturated carbocycles. The van der Waals surface area contributed by atoms with Crippen molar-refractivity contribution in [3.8, 4) is 0 Å². The summed E-state index contributed by atoms with van der Waals surface area (Å²) < 4.78 is 14.9. The van der Waals surface area contributed by atoms with Crippen LogP contribution in [0.5, 0.6) is 0 Å². The normalized spacial score (nSPS) is 14.1. The summed E-state index contributed by atoms with van der Waals surface area (Å²) >= 11 is 6.11. The predicted molar refractivity (Wildman–Crippen MR) is 93.8 cm³/mol. The first-order chi connectivity index (χ1) is 12.4. The fourth-order valence-electron chi connectivity index (χ4n) is 2.46. The van der Waals surface area contributed by atoms with E-state index in [0.29, 0.717) is 12.2 Å². The number of rotatable bonds is 5. The zero-order valence-corrected chi connectivity index (χ0v) is 15.4. The van der Waals surface area contributed by atoms with Crippen molar-refractivity contribution in [1.82, 2.24) is 5.32 Å². The van der Waals surface area contributed by atoms with Crippen LogP contribution in [-0.2, 0) is 23.8 Å². The van der Waals surface area contributed by atoms with Gasteiger partial charge in [-0.2, -0.15) is 0 Å². The summed E-state index contributed by atoms with van der Waals surface area (Å²) in [5.41, 5.74) is 0.701. The van der Waals surface area contributed by atoms with Crippen molar-refractivity contribution in [2.75, 3.05) is 39.0 Å². The molecule has 1 aliphatic heterocycles. The van der Waals surface area contributed by atoms with E-state index in [2.05, 4.69) is 5.32 Å². The molecule has 0 aromatic heterocycles. The van der Waals surface area contributed by atoms with Gasteiger partial charge in [-0.05, 0) is 25.1 Å². The maximum absolute atomic E-state index is 12.3. The van der Waals surface area contributed by atoms with Gasteiger partial charge in [-0.15, -0.1) is 0 Å². The van der Waals surface area contributed by atoms with Gasteiger partial charge >= 0.3 is 11.9 Å². The van der Waals surface area contributed by atoms with E-state index >= 15 is 0 Å². The molecule has 1 aromatic carbocycles. The molecule has 2 rings (SSSR count). The van der Waals surface area contributed by atoms with E-state index in [0.717, 1.165) is 0 Å². The molecule has 0 unspecified atom stereocenters. The Morgan fingerprint density at radius 1 is 1.23 bits per heavy atom. The number of methoxy groups -OCH3 is 2. The maximum atomic E-state index is 12.3. The highest BCUT2D eigenvalue weighted by Gasteiger charge is 2.32. The molecule has 140 valence electrons. The molecule has 8 nitrogen and oxygen atoms in total. The summed E-state index contributed by atoms with van der Waals surface area (Å²) in [6, 6.07) is 4.65. The van der Waals surface area contributed by atoms with Crippen LogP contribution in [0.25, 0.3) is 0 Å². The van der Waals surface area contributed by atoms with Crippen LogP contribution in [0.2, 0.25) is 5.02 Å². The SMILES string of the molecule is CCNC(=O)c1cc(N2COCC(C(=O)OC)=C2C(=O)OC)ccc1Cl. The standard InChI is InChI=1S/C17H19ClN2O6/c1-4-19-15(21)11-7-10(5-6-13(11)18)20-9-26-8-12(16(22)24-2)14(20)17(23)25-3/h5-7H,4,8-9H2,1-3H3,(H,19,21). The van der Waals surface area contributed by atoms with Crippen molar-refractivity contribution in [3.63, 3.8) is 0 Å². The molecular formula is C17H19ClN2O6. The molecule has 1 heterocycles. The summed E-state index contributed by atoms with van der Waals surface area (Å²) in [4.78, 5) is 37.9. The van der Waals surface area contributed by atoms with E-state index in [1.165, 1.54) is 31.3 Å². The molecule has 1 aromatic rings. The monoisotopic (exact) mass is 382 g/mol. The first kappa shape index (κ1) is 19.7. The molecule has 9 heteroatoms. The first-order valence-corrected chi connectivity index (χ1v) is 8.15. The number of nitrogens with one attached hydrogen (secondary N) is 1. The highest BCUT2D eigenvalue weighted by molar-refractivity contribution is 6.34. The summed E-state index contributed by atoms with van der Waals surface area (Å²) in [6.45, 7) is 2.12. The molecule has 1 N–H and O–H groups in total. The summed E-state index contributed by atoms with van der Waals surface area (Å²) in [7, 11) is 2.42. The topological polar surface area (TPSA) is 94.2 Å². The molecule has 0 bridgehead atoms. The molecule has 1 amide bonds. The average molecular weight is 383 g/mol. The molecule has 0 saturated heterocycles. The van der Waals surface area contributed by atoms with E-state index in [9.17, 15) is 14.4 Å². The zero-order chi connectivity index (χ0) is 19.3. The van der Waals surface area contributed by atoms with Gasteiger partial charge in [0, 0.05) is 12.2 Å². The second kappa shape index (κ2) is 8.68. The van der Waals surface area contributed by atoms with Crippen molar-refractivity contribution in [1.29, 1.82) is 0 Å². The van der Waals surface area contributed by atoms with Gasteiger partial charge in [0.05, 0.1) is 37.0 Å². The second-order valence-electron chi connectivity index (χ2n) is 5.24. The minimum absolute atomic E-state index is 0.00484. The largest absolute Gasteiger partial charge is 0.466 e. The molecule has 26 heavy (non-hydrogen) atoms. The van der Waals surface area contributed by atoms with Crippen LogP contribution in [-0.4, -0.2) is 51.9 Å². The van der Waals surface area contributed by atoms with Gasteiger partial charge in [-0.1, -0.05) is 11.6 Å². The van der Waals surface area contributed by atoms with Crippen LogP contribution in [0.1, 0.15) is 17.3 Å². The van der Waals surface area contributed by atoms with E-state index in [1.54, 1.807) is 13.0 Å². The number of anilines is 1. The van der Waals surface area contributed by atoms with Crippen LogP contribution in [0.3, 0.4) is 0 Å². The number of esters is 2. The lowest BCUT2D eigenvalue weighted by Crippen LogP contribution is -2.39. The van der Waals surface area contributed by atoms with Crippen LogP contribution in [0.4, 0.5) is 5.69 Å². The third-order valence-electron chi connectivity index (χ3n) is 3.68. The number of hydrogen-bond donors (Lipinski definition) is 1. The lowest BCUT2D eigenvalue weighted by Gasteiger charge is -2.31. The van der Waals surface area contributed by atoms with Crippen LogP contribution < -0.4 is 10.2 Å². The molecule has 0 radical (unpaired) electrons. The quantitative estimate of drug-likeness (QED) is 0.771. The van der Waals surface area contributed by atoms with Crippen molar-refractivity contribution in [2.45, 2.75) is 6.92 Å². The number of carbonyl (C=O) groups excluding carboxylic acids is 3. The Labute approximate surface area is 155 Å². The number of ether oxygens (including phenoxy) is 3. The van der Waals surface area contributed by atoms with Gasteiger partial charge in [0.1, 0.15) is 12.4 Å². The van der Waals surface area contributed by atoms with Crippen molar-refractivity contribution in [2.24, 2.45) is 0 Å². The van der Waals surface area contributed by atoms with Gasteiger partial charge in [0.25, 0.3) is 5.91 Å². The predicted octanol–water partition coefficient (Wildman–Crippen LogP) is 1.48. The fourth-order valence-corrected chi connectivity index (χ4v) is 2.66. The van der Waals surface area contributed by atoms with E-state index in [-0.39, 0.29) is 41.1 Å². The van der Waals surface area contributed by atoms with E-state index in [1.807, 2.05) is 0 Å². The van der Waals surface area contributed by atoms with Crippen molar-refractivity contribution in [3.05, 3.63) is 40.1 Å². The number of amides is 1. The Morgan fingerprint density at radius 2 is 1.92 bits per heavy atom. The Bertz CT molecular complexity index is 762. The minimum atomic E-state index is -0.719. The third kappa shape index (κ3) is 3.97. The highest BCUT2D eigenvalue weighted by Crippen LogP contribution is 2.29. The Kier molecular flexibility index (Phi) is 6.59. The number of nitrogens with zero attached hydrogens (tertiary/aromatic N) is 1. The molecule has 0 atom stereocenters. The minimum Gasteiger partial charge on any atom is -0.466 e. The van der Waals surface area contributed by atoms with E-state index in [4.69, 9.17) is 25.8 Å². The molecule has 0 fully saturated rings. The highest BCUT2D eigenvalue weighted by atomic mass is 35.5. The van der Waals surface area contributed by atoms with Crippen molar-refractivity contribution < 1.29 is 28.6 Å². The second-order valence-corrected chi connectivity index (χ2v) is 5.65. The third-order valence-corrected chi connectivity index (χ3v) is 4.01. The summed E-state index contributed by atoms with van der Waals surface area (Å²) in [6.07, 6.45) is 0. The molecular weight excluding hydrogens is 364 g/mol. The summed E-state index contributed by atoms with van der Waals surface area (Å²) in [5, 5.41) is 2.92. The Morgan fingerprint density at radius 3 is 2.54 bits per heavy atom. The Balaban J connectivity index is 2.54. The lowest BCUT2D eigenvalue weighted by atomic mass is 10.1. The number of carbonyl (C=O) groups is 3. The Hall–Kier alpha value is -2.58. The number of benzene rings is 1. The van der Waals surface area contributed by atoms with Crippen LogP contribution in [0.15, 0.2) is 29.5 Å². The zero-order valence-electron chi connectivity index (χ0n) is 14.6. The van der Waals surface area contributed by atoms with Gasteiger partial charge in [-0.25, -0.2) is 9.59 Å².